The van der Waals surface area contributed by atoms with Gasteiger partial charge in [0.2, 0.25) is 5.91 Å². The lowest BCUT2D eigenvalue weighted by Crippen LogP contribution is -2.42. The minimum atomic E-state index is 0.127. The van der Waals surface area contributed by atoms with Gasteiger partial charge in [0.15, 0.2) is 0 Å². The fourth-order valence-corrected chi connectivity index (χ4v) is 1.36. The van der Waals surface area contributed by atoms with E-state index in [4.69, 9.17) is 0 Å². The molecule has 0 saturated carbocycles. The van der Waals surface area contributed by atoms with Gasteiger partial charge in [0.25, 0.3) is 0 Å². The van der Waals surface area contributed by atoms with Crippen LogP contribution in [0.1, 0.15) is 34.6 Å². The molecule has 0 fully saturated rings. The Morgan fingerprint density at radius 2 is 1.86 bits per heavy atom. The Kier molecular flexibility index (Phi) is 6.54. The van der Waals surface area contributed by atoms with Crippen LogP contribution in [0.25, 0.3) is 0 Å². The smallest absolute Gasteiger partial charge is 0.234 e. The topological polar surface area (TPSA) is 32.3 Å². The highest BCUT2D eigenvalue weighted by molar-refractivity contribution is 5.77. The molecule has 0 saturated heterocycles. The maximum atomic E-state index is 11.4. The van der Waals surface area contributed by atoms with E-state index in [1.54, 1.807) is 0 Å². The monoisotopic (exact) mass is 200 g/mol. The molecule has 1 N–H and O–H groups in total. The van der Waals surface area contributed by atoms with Crippen LogP contribution < -0.4 is 5.32 Å². The van der Waals surface area contributed by atoms with Gasteiger partial charge in [-0.3, -0.25) is 9.69 Å². The summed E-state index contributed by atoms with van der Waals surface area (Å²) in [5, 5.41) is 2.82. The molecule has 0 aromatic rings. The predicted molar refractivity (Wildman–Crippen MR) is 60.2 cm³/mol. The van der Waals surface area contributed by atoms with E-state index in [2.05, 4.69) is 37.9 Å². The van der Waals surface area contributed by atoms with Gasteiger partial charge in [-0.2, -0.15) is 0 Å². The quantitative estimate of drug-likeness (QED) is 0.704. The van der Waals surface area contributed by atoms with E-state index >= 15 is 0 Å². The van der Waals surface area contributed by atoms with Crippen LogP contribution in [0.15, 0.2) is 0 Å². The van der Waals surface area contributed by atoms with Gasteiger partial charge in [-0.05, 0) is 26.7 Å². The molecule has 0 spiro atoms. The molecule has 0 aliphatic rings. The Morgan fingerprint density at radius 1 is 1.29 bits per heavy atom. The van der Waals surface area contributed by atoms with E-state index in [0.29, 0.717) is 25.0 Å². The summed E-state index contributed by atoms with van der Waals surface area (Å²) in [6, 6.07) is 0.431. The van der Waals surface area contributed by atoms with Crippen LogP contribution in [0.3, 0.4) is 0 Å². The van der Waals surface area contributed by atoms with Crippen molar-refractivity contribution in [3.63, 3.8) is 0 Å². The molecule has 84 valence electrons. The summed E-state index contributed by atoms with van der Waals surface area (Å²) >= 11 is 0. The molecular formula is C11H24N2O. The van der Waals surface area contributed by atoms with Crippen molar-refractivity contribution < 1.29 is 4.79 Å². The zero-order chi connectivity index (χ0) is 11.1. The molecule has 3 heteroatoms. The van der Waals surface area contributed by atoms with Gasteiger partial charge < -0.3 is 5.32 Å². The van der Waals surface area contributed by atoms with Crippen molar-refractivity contribution in [2.75, 3.05) is 19.6 Å². The standard InChI is InChI=1S/C11H24N2O/c1-6-12-11(14)8-13(10(4)5)7-9(2)3/h9-10H,6-8H2,1-5H3,(H,12,14). The second-order valence-electron chi connectivity index (χ2n) is 4.37. The Balaban J connectivity index is 4.02. The minimum Gasteiger partial charge on any atom is -0.355 e. The molecular weight excluding hydrogens is 176 g/mol. The van der Waals surface area contributed by atoms with E-state index in [0.717, 1.165) is 6.54 Å². The minimum absolute atomic E-state index is 0.127. The summed E-state index contributed by atoms with van der Waals surface area (Å²) in [7, 11) is 0. The van der Waals surface area contributed by atoms with Crippen LogP contribution >= 0.6 is 0 Å². The first-order valence-electron chi connectivity index (χ1n) is 5.48. The zero-order valence-electron chi connectivity index (χ0n) is 10.1. The fourth-order valence-electron chi connectivity index (χ4n) is 1.36. The summed E-state index contributed by atoms with van der Waals surface area (Å²) in [4.78, 5) is 13.6. The van der Waals surface area contributed by atoms with Gasteiger partial charge in [-0.1, -0.05) is 13.8 Å². The van der Waals surface area contributed by atoms with Crippen molar-refractivity contribution in [3.8, 4) is 0 Å². The average Bonchev–Trinajstić information content (AvgIpc) is 2.02. The molecule has 0 heterocycles. The Morgan fingerprint density at radius 3 is 2.21 bits per heavy atom. The van der Waals surface area contributed by atoms with Crippen LogP contribution in [0, 0.1) is 5.92 Å². The molecule has 1 amide bonds. The molecule has 0 bridgehead atoms. The Bertz CT molecular complexity index is 167. The van der Waals surface area contributed by atoms with Crippen molar-refractivity contribution in [2.24, 2.45) is 5.92 Å². The van der Waals surface area contributed by atoms with Gasteiger partial charge in [0.05, 0.1) is 6.54 Å². The highest BCUT2D eigenvalue weighted by Crippen LogP contribution is 2.03. The first-order chi connectivity index (χ1) is 6.47. The van der Waals surface area contributed by atoms with Crippen LogP contribution in [0.2, 0.25) is 0 Å². The summed E-state index contributed by atoms with van der Waals surface area (Å²) in [6.45, 7) is 12.8. The van der Waals surface area contributed by atoms with Gasteiger partial charge >= 0.3 is 0 Å². The van der Waals surface area contributed by atoms with E-state index in [-0.39, 0.29) is 5.91 Å². The van der Waals surface area contributed by atoms with Gasteiger partial charge in [-0.15, -0.1) is 0 Å². The molecule has 14 heavy (non-hydrogen) atoms. The molecule has 0 aromatic carbocycles. The first kappa shape index (κ1) is 13.4. The third kappa shape index (κ3) is 5.97. The highest BCUT2D eigenvalue weighted by atomic mass is 16.2. The maximum absolute atomic E-state index is 11.4. The molecule has 0 aliphatic carbocycles. The largest absolute Gasteiger partial charge is 0.355 e. The maximum Gasteiger partial charge on any atom is 0.234 e. The number of carbonyl (C=O) groups excluding carboxylic acids is 1. The number of hydrogen-bond donors (Lipinski definition) is 1. The third-order valence-corrected chi connectivity index (χ3v) is 2.05. The number of carbonyl (C=O) groups is 1. The Hall–Kier alpha value is -0.570. The summed E-state index contributed by atoms with van der Waals surface area (Å²) in [6.07, 6.45) is 0. The summed E-state index contributed by atoms with van der Waals surface area (Å²) in [5.41, 5.74) is 0. The van der Waals surface area contributed by atoms with Crippen molar-refractivity contribution in [1.29, 1.82) is 0 Å². The fraction of sp³-hybridized carbons (Fsp3) is 0.909. The lowest BCUT2D eigenvalue weighted by molar-refractivity contribution is -0.122. The van der Waals surface area contributed by atoms with E-state index < -0.39 is 0 Å². The molecule has 0 aromatic heterocycles. The lowest BCUT2D eigenvalue weighted by Gasteiger charge is -2.27. The number of nitrogens with one attached hydrogen (secondary N) is 1. The van der Waals surface area contributed by atoms with Crippen LogP contribution in [-0.2, 0) is 4.79 Å². The van der Waals surface area contributed by atoms with Crippen LogP contribution in [0.4, 0.5) is 0 Å². The molecule has 0 rings (SSSR count). The summed E-state index contributed by atoms with van der Waals surface area (Å²) < 4.78 is 0. The van der Waals surface area contributed by atoms with Crippen LogP contribution in [0.5, 0.6) is 0 Å². The average molecular weight is 200 g/mol. The van der Waals surface area contributed by atoms with Gasteiger partial charge in [0.1, 0.15) is 0 Å². The number of nitrogens with zero attached hydrogens (tertiary/aromatic N) is 1. The molecule has 0 aliphatic heterocycles. The third-order valence-electron chi connectivity index (χ3n) is 2.05. The second kappa shape index (κ2) is 6.82. The van der Waals surface area contributed by atoms with E-state index in [1.807, 2.05) is 6.92 Å². The molecule has 0 radical (unpaired) electrons. The lowest BCUT2D eigenvalue weighted by atomic mass is 10.2. The molecule has 0 atom stereocenters. The molecule has 3 nitrogen and oxygen atoms in total. The number of amides is 1. The number of rotatable bonds is 6. The first-order valence-corrected chi connectivity index (χ1v) is 5.48. The van der Waals surface area contributed by atoms with E-state index in [9.17, 15) is 4.79 Å². The van der Waals surface area contributed by atoms with Crippen molar-refractivity contribution in [2.45, 2.75) is 40.7 Å². The van der Waals surface area contributed by atoms with Gasteiger partial charge in [-0.25, -0.2) is 0 Å². The van der Waals surface area contributed by atoms with Crippen molar-refractivity contribution in [3.05, 3.63) is 0 Å². The zero-order valence-corrected chi connectivity index (χ0v) is 10.1. The van der Waals surface area contributed by atoms with Gasteiger partial charge in [0, 0.05) is 19.1 Å². The van der Waals surface area contributed by atoms with Crippen molar-refractivity contribution in [1.82, 2.24) is 10.2 Å². The van der Waals surface area contributed by atoms with E-state index in [1.165, 1.54) is 0 Å². The Labute approximate surface area is 87.9 Å². The highest BCUT2D eigenvalue weighted by Gasteiger charge is 2.14. The SMILES string of the molecule is CCNC(=O)CN(CC(C)C)C(C)C. The number of hydrogen-bond acceptors (Lipinski definition) is 2. The predicted octanol–water partition coefficient (Wildman–Crippen LogP) is 1.49. The normalized spacial score (nSPS) is 11.4. The van der Waals surface area contributed by atoms with Crippen molar-refractivity contribution >= 4 is 5.91 Å². The summed E-state index contributed by atoms with van der Waals surface area (Å²) in [5.74, 6) is 0.730. The second-order valence-corrected chi connectivity index (χ2v) is 4.37. The molecule has 0 unspecified atom stereocenters. The van der Waals surface area contributed by atoms with Crippen LogP contribution in [-0.4, -0.2) is 36.5 Å². The number of likely N-dealkylation sites (N-methyl/N-ethyl adjacent to an activating group) is 1.